The van der Waals surface area contributed by atoms with Crippen LogP contribution in [0.2, 0.25) is 0 Å². The lowest BCUT2D eigenvalue weighted by molar-refractivity contribution is 0.333. The predicted molar refractivity (Wildman–Crippen MR) is 94.9 cm³/mol. The number of nitrogens with zero attached hydrogens (tertiary/aromatic N) is 1. The third-order valence-corrected chi connectivity index (χ3v) is 4.37. The molecule has 0 aromatic heterocycles. The van der Waals surface area contributed by atoms with Gasteiger partial charge in [-0.1, -0.05) is 12.1 Å². The van der Waals surface area contributed by atoms with E-state index in [0.717, 1.165) is 16.8 Å². The fourth-order valence-electron chi connectivity index (χ4n) is 2.29. The average molecular weight is 344 g/mol. The molecule has 0 aliphatic carbocycles. The largest absolute Gasteiger partial charge is 0.492 e. The van der Waals surface area contributed by atoms with Crippen molar-refractivity contribution in [2.75, 3.05) is 24.7 Å². The topological polar surface area (TPSA) is 79.2 Å². The Balaban J connectivity index is 1.90. The Labute approximate surface area is 142 Å². The van der Waals surface area contributed by atoms with Crippen LogP contribution in [0.5, 0.6) is 5.75 Å². The summed E-state index contributed by atoms with van der Waals surface area (Å²) >= 11 is 0. The van der Waals surface area contributed by atoms with E-state index in [1.54, 1.807) is 24.3 Å². The van der Waals surface area contributed by atoms with Crippen LogP contribution in [0.1, 0.15) is 16.7 Å². The van der Waals surface area contributed by atoms with Crippen LogP contribution in [0.4, 0.5) is 5.69 Å². The molecule has 0 amide bonds. The van der Waals surface area contributed by atoms with Crippen molar-refractivity contribution in [3.63, 3.8) is 0 Å². The average Bonchev–Trinajstić information content (AvgIpc) is 2.54. The quantitative estimate of drug-likeness (QED) is 0.781. The molecule has 126 valence electrons. The molecule has 0 heterocycles. The molecular weight excluding hydrogens is 324 g/mol. The van der Waals surface area contributed by atoms with E-state index in [1.165, 1.54) is 6.26 Å². The Morgan fingerprint density at radius 2 is 1.88 bits per heavy atom. The summed E-state index contributed by atoms with van der Waals surface area (Å²) in [6, 6.07) is 14.6. The summed E-state index contributed by atoms with van der Waals surface area (Å²) in [6.45, 7) is 2.95. The van der Waals surface area contributed by atoms with E-state index in [-0.39, 0.29) is 5.75 Å². The number of anilines is 1. The van der Waals surface area contributed by atoms with Gasteiger partial charge in [-0.2, -0.15) is 5.26 Å². The standard InChI is InChI=1S/C18H20N2O3S/c1-14-16(13-24(2,21)22)4-3-5-18(14)20-10-11-23-17-8-6-15(12-19)7-9-17/h3-9,20H,10-11,13H2,1-2H3. The van der Waals surface area contributed by atoms with Gasteiger partial charge >= 0.3 is 0 Å². The number of hydrogen-bond acceptors (Lipinski definition) is 5. The first-order valence-corrected chi connectivity index (χ1v) is 9.58. The zero-order valence-corrected chi connectivity index (χ0v) is 14.6. The summed E-state index contributed by atoms with van der Waals surface area (Å²) in [7, 11) is -3.06. The summed E-state index contributed by atoms with van der Waals surface area (Å²) in [5.41, 5.74) is 3.23. The van der Waals surface area contributed by atoms with Crippen molar-refractivity contribution in [3.8, 4) is 11.8 Å². The second-order valence-electron chi connectivity index (χ2n) is 5.57. The highest BCUT2D eigenvalue weighted by atomic mass is 32.2. The van der Waals surface area contributed by atoms with E-state index < -0.39 is 9.84 Å². The van der Waals surface area contributed by atoms with Crippen molar-refractivity contribution in [3.05, 3.63) is 59.2 Å². The molecule has 0 aliphatic rings. The van der Waals surface area contributed by atoms with E-state index in [4.69, 9.17) is 10.00 Å². The van der Waals surface area contributed by atoms with Gasteiger partial charge in [-0.25, -0.2) is 8.42 Å². The van der Waals surface area contributed by atoms with Gasteiger partial charge in [-0.15, -0.1) is 0 Å². The van der Waals surface area contributed by atoms with Crippen LogP contribution in [0.3, 0.4) is 0 Å². The number of nitrogens with one attached hydrogen (secondary N) is 1. The third-order valence-electron chi connectivity index (χ3n) is 3.53. The van der Waals surface area contributed by atoms with Gasteiger partial charge < -0.3 is 10.1 Å². The number of sulfone groups is 1. The molecule has 0 unspecified atom stereocenters. The Morgan fingerprint density at radius 1 is 1.17 bits per heavy atom. The highest BCUT2D eigenvalue weighted by Gasteiger charge is 2.09. The van der Waals surface area contributed by atoms with Crippen LogP contribution in [0.25, 0.3) is 0 Å². The lowest BCUT2D eigenvalue weighted by Crippen LogP contribution is -2.13. The molecule has 2 rings (SSSR count). The molecular formula is C18H20N2O3S. The van der Waals surface area contributed by atoms with Crippen molar-refractivity contribution in [2.24, 2.45) is 0 Å². The molecule has 2 aromatic carbocycles. The number of hydrogen-bond donors (Lipinski definition) is 1. The van der Waals surface area contributed by atoms with Gasteiger partial charge in [0.15, 0.2) is 9.84 Å². The van der Waals surface area contributed by atoms with Gasteiger partial charge in [0.05, 0.1) is 17.4 Å². The van der Waals surface area contributed by atoms with Crippen molar-refractivity contribution >= 4 is 15.5 Å². The molecule has 0 spiro atoms. The zero-order valence-electron chi connectivity index (χ0n) is 13.7. The molecule has 6 heteroatoms. The van der Waals surface area contributed by atoms with Gasteiger partial charge in [-0.05, 0) is 48.4 Å². The Morgan fingerprint density at radius 3 is 2.50 bits per heavy atom. The van der Waals surface area contributed by atoms with E-state index >= 15 is 0 Å². The molecule has 0 saturated carbocycles. The zero-order chi connectivity index (χ0) is 17.6. The summed E-state index contributed by atoms with van der Waals surface area (Å²) in [5, 5.41) is 12.0. The number of benzene rings is 2. The fraction of sp³-hybridized carbons (Fsp3) is 0.278. The van der Waals surface area contributed by atoms with Crippen LogP contribution < -0.4 is 10.1 Å². The molecule has 0 aliphatic heterocycles. The molecule has 2 aromatic rings. The maximum atomic E-state index is 11.5. The summed E-state index contributed by atoms with van der Waals surface area (Å²) in [5.74, 6) is 0.745. The summed E-state index contributed by atoms with van der Waals surface area (Å²) in [6.07, 6.45) is 1.23. The van der Waals surface area contributed by atoms with Crippen molar-refractivity contribution in [1.82, 2.24) is 0 Å². The van der Waals surface area contributed by atoms with E-state index in [9.17, 15) is 8.42 Å². The predicted octanol–water partition coefficient (Wildman–Crippen LogP) is 2.90. The van der Waals surface area contributed by atoms with Crippen LogP contribution >= 0.6 is 0 Å². The normalized spacial score (nSPS) is 10.9. The van der Waals surface area contributed by atoms with Crippen LogP contribution in [0.15, 0.2) is 42.5 Å². The highest BCUT2D eigenvalue weighted by Crippen LogP contribution is 2.20. The minimum atomic E-state index is -3.06. The van der Waals surface area contributed by atoms with Gasteiger partial charge in [0.25, 0.3) is 0 Å². The smallest absolute Gasteiger partial charge is 0.151 e. The second kappa shape index (κ2) is 7.84. The molecule has 0 fully saturated rings. The second-order valence-corrected chi connectivity index (χ2v) is 7.71. The first kappa shape index (κ1) is 17.8. The highest BCUT2D eigenvalue weighted by molar-refractivity contribution is 7.89. The van der Waals surface area contributed by atoms with Crippen molar-refractivity contribution < 1.29 is 13.2 Å². The minimum Gasteiger partial charge on any atom is -0.492 e. The van der Waals surface area contributed by atoms with Crippen molar-refractivity contribution in [2.45, 2.75) is 12.7 Å². The summed E-state index contributed by atoms with van der Waals surface area (Å²) < 4.78 is 28.5. The lowest BCUT2D eigenvalue weighted by atomic mass is 10.1. The lowest BCUT2D eigenvalue weighted by Gasteiger charge is -2.13. The van der Waals surface area contributed by atoms with Gasteiger partial charge in [0, 0.05) is 18.5 Å². The van der Waals surface area contributed by atoms with Crippen LogP contribution in [-0.2, 0) is 15.6 Å². The Hall–Kier alpha value is -2.52. The molecule has 0 saturated heterocycles. The van der Waals surface area contributed by atoms with Crippen LogP contribution in [0, 0.1) is 18.3 Å². The van der Waals surface area contributed by atoms with E-state index in [2.05, 4.69) is 11.4 Å². The molecule has 24 heavy (non-hydrogen) atoms. The van der Waals surface area contributed by atoms with Gasteiger partial charge in [-0.3, -0.25) is 0 Å². The van der Waals surface area contributed by atoms with Crippen molar-refractivity contribution in [1.29, 1.82) is 5.26 Å². The van der Waals surface area contributed by atoms with Crippen LogP contribution in [-0.4, -0.2) is 27.8 Å². The third kappa shape index (κ3) is 5.28. The summed E-state index contributed by atoms with van der Waals surface area (Å²) in [4.78, 5) is 0. The van der Waals surface area contributed by atoms with E-state index in [0.29, 0.717) is 24.5 Å². The molecule has 5 nitrogen and oxygen atoms in total. The molecule has 1 N–H and O–H groups in total. The molecule has 0 atom stereocenters. The van der Waals surface area contributed by atoms with Gasteiger partial charge in [0.1, 0.15) is 12.4 Å². The SMILES string of the molecule is Cc1c(CS(C)(=O)=O)cccc1NCCOc1ccc(C#N)cc1. The number of ether oxygens (including phenoxy) is 1. The fourth-order valence-corrected chi connectivity index (χ4v) is 3.17. The van der Waals surface area contributed by atoms with E-state index in [1.807, 2.05) is 25.1 Å². The maximum absolute atomic E-state index is 11.5. The Bertz CT molecular complexity index is 838. The molecule has 0 bridgehead atoms. The first-order valence-electron chi connectivity index (χ1n) is 7.52. The first-order chi connectivity index (χ1) is 11.4. The monoisotopic (exact) mass is 344 g/mol. The Kier molecular flexibility index (Phi) is 5.83. The number of nitriles is 1. The molecule has 0 radical (unpaired) electrons. The minimum absolute atomic E-state index is 0.0378. The van der Waals surface area contributed by atoms with Gasteiger partial charge in [0.2, 0.25) is 0 Å². The maximum Gasteiger partial charge on any atom is 0.151 e. The number of rotatable bonds is 7.